The minimum Gasteiger partial charge on any atom is -0.504 e. The molecule has 9 nitrogen and oxygen atoms in total. The van der Waals surface area contributed by atoms with Gasteiger partial charge in [-0.05, 0) is 12.5 Å². The first kappa shape index (κ1) is 16.2. The lowest BCUT2D eigenvalue weighted by Crippen LogP contribution is -2.12. The van der Waals surface area contributed by atoms with E-state index in [1.165, 1.54) is 6.33 Å². The number of hydrogen-bond donors (Lipinski definition) is 4. The van der Waals surface area contributed by atoms with E-state index in [4.69, 9.17) is 10.5 Å². The second-order valence-electron chi connectivity index (χ2n) is 5.94. The van der Waals surface area contributed by atoms with Crippen LogP contribution in [0, 0.1) is 0 Å². The molecule has 1 aromatic carbocycles. The SMILES string of the molecule is CCCOC1=C(O)c2c(cccc2-n2cnc3c(=O)[nH]c(N)nc32)C1O. The number of aromatic amines is 1. The number of nitrogen functional groups attached to an aromatic ring is 1. The summed E-state index contributed by atoms with van der Waals surface area (Å²) in [6.07, 6.45) is 1.10. The van der Waals surface area contributed by atoms with Gasteiger partial charge in [-0.3, -0.25) is 14.3 Å². The number of ether oxygens (including phenoxy) is 1. The van der Waals surface area contributed by atoms with Crippen LogP contribution in [0.15, 0.2) is 35.1 Å². The fourth-order valence-corrected chi connectivity index (χ4v) is 3.10. The molecule has 2 aromatic heterocycles. The van der Waals surface area contributed by atoms with Gasteiger partial charge in [0.25, 0.3) is 5.56 Å². The Bertz CT molecular complexity index is 1100. The minimum atomic E-state index is -1.06. The summed E-state index contributed by atoms with van der Waals surface area (Å²) in [6.45, 7) is 2.31. The molecule has 1 aliphatic carbocycles. The van der Waals surface area contributed by atoms with Gasteiger partial charge < -0.3 is 20.7 Å². The highest BCUT2D eigenvalue weighted by Gasteiger charge is 2.34. The predicted molar refractivity (Wildman–Crippen MR) is 94.6 cm³/mol. The summed E-state index contributed by atoms with van der Waals surface area (Å²) in [5.74, 6) is -0.0659. The number of H-pyrrole nitrogens is 1. The summed E-state index contributed by atoms with van der Waals surface area (Å²) < 4.78 is 7.07. The standard InChI is InChI=1S/C17H17N5O4/c1-2-6-26-14-12(23)8-4-3-5-9(10(8)13(14)24)22-7-19-11-15(22)20-17(18)21-16(11)25/h3-5,7,12,23-24H,2,6H2,1H3,(H3,18,20,21,25). The van der Waals surface area contributed by atoms with Crippen LogP contribution in [-0.4, -0.2) is 36.3 Å². The third-order valence-electron chi connectivity index (χ3n) is 4.23. The molecule has 4 rings (SSSR count). The van der Waals surface area contributed by atoms with Crippen molar-refractivity contribution in [3.8, 4) is 5.69 Å². The molecule has 2 heterocycles. The van der Waals surface area contributed by atoms with Crippen molar-refractivity contribution in [2.75, 3.05) is 12.3 Å². The van der Waals surface area contributed by atoms with Gasteiger partial charge in [-0.2, -0.15) is 4.98 Å². The number of aliphatic hydroxyl groups is 2. The number of benzene rings is 1. The lowest BCUT2D eigenvalue weighted by atomic mass is 10.1. The van der Waals surface area contributed by atoms with E-state index in [0.717, 1.165) is 6.42 Å². The fourth-order valence-electron chi connectivity index (χ4n) is 3.10. The van der Waals surface area contributed by atoms with E-state index in [9.17, 15) is 15.0 Å². The maximum absolute atomic E-state index is 12.0. The molecule has 0 saturated heterocycles. The minimum absolute atomic E-state index is 0.0383. The summed E-state index contributed by atoms with van der Waals surface area (Å²) in [5, 5.41) is 21.2. The van der Waals surface area contributed by atoms with Crippen LogP contribution in [0.1, 0.15) is 30.6 Å². The third-order valence-corrected chi connectivity index (χ3v) is 4.23. The Morgan fingerprint density at radius 3 is 3.00 bits per heavy atom. The maximum Gasteiger partial charge on any atom is 0.280 e. The average molecular weight is 355 g/mol. The zero-order valence-corrected chi connectivity index (χ0v) is 13.9. The molecule has 9 heteroatoms. The molecule has 1 aliphatic rings. The van der Waals surface area contributed by atoms with E-state index >= 15 is 0 Å². The largest absolute Gasteiger partial charge is 0.504 e. The molecule has 134 valence electrons. The molecule has 0 aliphatic heterocycles. The van der Waals surface area contributed by atoms with Crippen LogP contribution in [-0.2, 0) is 4.74 Å². The molecular weight excluding hydrogens is 338 g/mol. The van der Waals surface area contributed by atoms with Gasteiger partial charge in [0.2, 0.25) is 5.95 Å². The normalized spacial score (nSPS) is 16.3. The van der Waals surface area contributed by atoms with E-state index in [1.807, 2.05) is 6.92 Å². The van der Waals surface area contributed by atoms with Crippen molar-refractivity contribution in [2.45, 2.75) is 19.4 Å². The van der Waals surface area contributed by atoms with Crippen molar-refractivity contribution in [3.63, 3.8) is 0 Å². The van der Waals surface area contributed by atoms with E-state index in [-0.39, 0.29) is 28.6 Å². The number of anilines is 1. The highest BCUT2D eigenvalue weighted by molar-refractivity contribution is 5.81. The van der Waals surface area contributed by atoms with Gasteiger partial charge in [0.15, 0.2) is 22.7 Å². The summed E-state index contributed by atoms with van der Waals surface area (Å²) >= 11 is 0. The number of hydrogen-bond acceptors (Lipinski definition) is 7. The van der Waals surface area contributed by atoms with Gasteiger partial charge in [0.05, 0.1) is 17.9 Å². The van der Waals surface area contributed by atoms with Gasteiger partial charge in [-0.25, -0.2) is 4.98 Å². The summed E-state index contributed by atoms with van der Waals surface area (Å²) in [6, 6.07) is 5.16. The van der Waals surface area contributed by atoms with Crippen molar-refractivity contribution in [1.29, 1.82) is 0 Å². The molecule has 0 saturated carbocycles. The molecule has 1 unspecified atom stereocenters. The highest BCUT2D eigenvalue weighted by Crippen LogP contribution is 2.42. The number of aliphatic hydroxyl groups excluding tert-OH is 2. The van der Waals surface area contributed by atoms with Crippen molar-refractivity contribution in [3.05, 3.63) is 51.8 Å². The Morgan fingerprint density at radius 1 is 1.42 bits per heavy atom. The van der Waals surface area contributed by atoms with Crippen LogP contribution < -0.4 is 11.3 Å². The molecular formula is C17H17N5O4. The second-order valence-corrected chi connectivity index (χ2v) is 5.94. The van der Waals surface area contributed by atoms with Gasteiger partial charge in [-0.1, -0.05) is 19.1 Å². The molecule has 5 N–H and O–H groups in total. The molecule has 0 radical (unpaired) electrons. The number of fused-ring (bicyclic) bond motifs is 2. The van der Waals surface area contributed by atoms with Gasteiger partial charge >= 0.3 is 0 Å². The predicted octanol–water partition coefficient (Wildman–Crippen LogP) is 1.39. The van der Waals surface area contributed by atoms with Gasteiger partial charge in [0, 0.05) is 5.56 Å². The molecule has 3 aromatic rings. The van der Waals surface area contributed by atoms with Crippen molar-refractivity contribution < 1.29 is 14.9 Å². The second kappa shape index (κ2) is 5.88. The van der Waals surface area contributed by atoms with Crippen molar-refractivity contribution in [2.24, 2.45) is 0 Å². The molecule has 1 atom stereocenters. The average Bonchev–Trinajstić information content (AvgIpc) is 3.14. The molecule has 26 heavy (non-hydrogen) atoms. The summed E-state index contributed by atoms with van der Waals surface area (Å²) in [5.41, 5.74) is 6.99. The van der Waals surface area contributed by atoms with E-state index in [2.05, 4.69) is 15.0 Å². The van der Waals surface area contributed by atoms with Crippen LogP contribution in [0.2, 0.25) is 0 Å². The Labute approximate surface area is 147 Å². The van der Waals surface area contributed by atoms with Crippen LogP contribution in [0.25, 0.3) is 22.6 Å². The Morgan fingerprint density at radius 2 is 2.23 bits per heavy atom. The van der Waals surface area contributed by atoms with E-state index < -0.39 is 11.7 Å². The number of nitrogens with two attached hydrogens (primary N) is 1. The smallest absolute Gasteiger partial charge is 0.280 e. The monoisotopic (exact) mass is 355 g/mol. The van der Waals surface area contributed by atoms with Crippen LogP contribution in [0.5, 0.6) is 0 Å². The molecule has 0 spiro atoms. The zero-order valence-electron chi connectivity index (χ0n) is 13.9. The first-order valence-corrected chi connectivity index (χ1v) is 8.13. The third kappa shape index (κ3) is 2.25. The maximum atomic E-state index is 12.0. The van der Waals surface area contributed by atoms with Crippen LogP contribution in [0.4, 0.5) is 5.95 Å². The molecule has 0 amide bonds. The van der Waals surface area contributed by atoms with Gasteiger partial charge in [0.1, 0.15) is 12.4 Å². The fraction of sp³-hybridized carbons (Fsp3) is 0.235. The lowest BCUT2D eigenvalue weighted by molar-refractivity contribution is 0.104. The van der Waals surface area contributed by atoms with Gasteiger partial charge in [-0.15, -0.1) is 0 Å². The number of rotatable bonds is 4. The first-order chi connectivity index (χ1) is 12.5. The van der Waals surface area contributed by atoms with Crippen LogP contribution >= 0.6 is 0 Å². The number of nitrogens with one attached hydrogen (secondary N) is 1. The Kier molecular flexibility index (Phi) is 3.66. The zero-order chi connectivity index (χ0) is 18.4. The summed E-state index contributed by atoms with van der Waals surface area (Å²) in [4.78, 5) is 22.6. The van der Waals surface area contributed by atoms with Crippen molar-refractivity contribution in [1.82, 2.24) is 19.5 Å². The lowest BCUT2D eigenvalue weighted by Gasteiger charge is -2.11. The Hall–Kier alpha value is -3.33. The van der Waals surface area contributed by atoms with E-state index in [0.29, 0.717) is 23.4 Å². The molecule has 0 fully saturated rings. The molecule has 0 bridgehead atoms. The first-order valence-electron chi connectivity index (χ1n) is 8.13. The van der Waals surface area contributed by atoms with E-state index in [1.54, 1.807) is 22.8 Å². The number of nitrogens with zero attached hydrogens (tertiary/aromatic N) is 3. The quantitative estimate of drug-likeness (QED) is 0.554. The Balaban J connectivity index is 1.95. The number of imidazole rings is 1. The van der Waals surface area contributed by atoms with Crippen LogP contribution in [0.3, 0.4) is 0 Å². The number of aromatic nitrogens is 4. The summed E-state index contributed by atoms with van der Waals surface area (Å²) in [7, 11) is 0. The highest BCUT2D eigenvalue weighted by atomic mass is 16.5. The van der Waals surface area contributed by atoms with Crippen molar-refractivity contribution >= 4 is 22.9 Å². The topological polar surface area (TPSA) is 139 Å².